The Morgan fingerprint density at radius 1 is 1.70 bits per heavy atom. The van der Waals surface area contributed by atoms with Gasteiger partial charge in [-0.1, -0.05) is 11.6 Å². The Bertz CT molecular complexity index is 283. The summed E-state index contributed by atoms with van der Waals surface area (Å²) in [5.41, 5.74) is -0.241. The van der Waals surface area contributed by atoms with Crippen LogP contribution in [-0.2, 0) is 6.00 Å². The van der Waals surface area contributed by atoms with E-state index in [-0.39, 0.29) is 16.7 Å². The van der Waals surface area contributed by atoms with Gasteiger partial charge in [0.2, 0.25) is 0 Å². The van der Waals surface area contributed by atoms with Crippen molar-refractivity contribution in [1.29, 1.82) is 0 Å². The maximum absolute atomic E-state index is 10.8. The van der Waals surface area contributed by atoms with E-state index in [1.165, 1.54) is 17.0 Å². The van der Waals surface area contributed by atoms with E-state index in [1.54, 1.807) is 0 Å². The van der Waals surface area contributed by atoms with Gasteiger partial charge in [0.15, 0.2) is 0 Å². The van der Waals surface area contributed by atoms with E-state index in [0.717, 1.165) is 0 Å². The van der Waals surface area contributed by atoms with Gasteiger partial charge in [0.05, 0.1) is 0 Å². The summed E-state index contributed by atoms with van der Waals surface area (Å²) in [6, 6.07) is 1.31. The zero-order valence-electron chi connectivity index (χ0n) is 4.92. The predicted octanol–water partition coefficient (Wildman–Crippen LogP) is 1.09. The van der Waals surface area contributed by atoms with Crippen molar-refractivity contribution in [1.82, 2.24) is 9.55 Å². The molecule has 0 radical (unpaired) electrons. The smallest absolute Gasteiger partial charge is 0.255 e. The first-order valence-corrected chi connectivity index (χ1v) is 3.43. The van der Waals surface area contributed by atoms with Crippen molar-refractivity contribution in [2.45, 2.75) is 6.00 Å². The summed E-state index contributed by atoms with van der Waals surface area (Å²) >= 11 is 10.8. The van der Waals surface area contributed by atoms with E-state index >= 15 is 0 Å². The van der Waals surface area contributed by atoms with Gasteiger partial charge in [0, 0.05) is 6.07 Å². The molecule has 0 amide bonds. The lowest BCUT2D eigenvalue weighted by Crippen LogP contribution is -2.16. The zero-order chi connectivity index (χ0) is 7.56. The fourth-order valence-corrected chi connectivity index (χ4v) is 0.810. The van der Waals surface area contributed by atoms with Crippen LogP contribution >= 0.6 is 23.2 Å². The first-order valence-electron chi connectivity index (χ1n) is 2.52. The Kier molecular flexibility index (Phi) is 2.29. The first-order chi connectivity index (χ1) is 4.74. The minimum absolute atomic E-state index is 0.100. The average molecular weight is 179 g/mol. The zero-order valence-corrected chi connectivity index (χ0v) is 6.43. The van der Waals surface area contributed by atoms with Crippen LogP contribution in [0.3, 0.4) is 0 Å². The van der Waals surface area contributed by atoms with Crippen LogP contribution in [0.2, 0.25) is 5.15 Å². The highest BCUT2D eigenvalue weighted by Gasteiger charge is 1.93. The molecule has 0 aliphatic rings. The van der Waals surface area contributed by atoms with Gasteiger partial charge in [-0.2, -0.15) is 0 Å². The van der Waals surface area contributed by atoms with E-state index in [1.807, 2.05) is 0 Å². The monoisotopic (exact) mass is 178 g/mol. The molecule has 54 valence electrons. The van der Waals surface area contributed by atoms with E-state index < -0.39 is 0 Å². The molecule has 5 heteroatoms. The largest absolute Gasteiger partial charge is 0.285 e. The topological polar surface area (TPSA) is 34.9 Å². The van der Waals surface area contributed by atoms with Gasteiger partial charge in [-0.05, 0) is 0 Å². The predicted molar refractivity (Wildman–Crippen MR) is 39.4 cm³/mol. The van der Waals surface area contributed by atoms with Crippen molar-refractivity contribution in [3.8, 4) is 0 Å². The molecular weight excluding hydrogens is 175 g/mol. The maximum Gasteiger partial charge on any atom is 0.255 e. The standard InChI is InChI=1S/C5H4Cl2N2O/c6-2-9-3-8-4(7)1-5(9)10/h1,3H,2H2. The molecular formula is C5H4Cl2N2O. The molecule has 0 bridgehead atoms. The molecule has 0 unspecified atom stereocenters. The van der Waals surface area contributed by atoms with Crippen LogP contribution in [0.15, 0.2) is 17.2 Å². The number of aromatic nitrogens is 2. The molecule has 1 aromatic heterocycles. The minimum atomic E-state index is -0.241. The normalized spacial score (nSPS) is 9.80. The Labute approximate surface area is 67.2 Å². The Morgan fingerprint density at radius 2 is 2.40 bits per heavy atom. The van der Waals surface area contributed by atoms with E-state index in [2.05, 4.69) is 4.98 Å². The molecule has 0 fully saturated rings. The molecule has 0 saturated heterocycles. The summed E-state index contributed by atoms with van der Waals surface area (Å²) in [5.74, 6) is 0. The number of hydrogen-bond acceptors (Lipinski definition) is 2. The van der Waals surface area contributed by atoms with Crippen molar-refractivity contribution < 1.29 is 0 Å². The summed E-state index contributed by atoms with van der Waals surface area (Å²) in [6.45, 7) is 0. The van der Waals surface area contributed by atoms with E-state index in [4.69, 9.17) is 23.2 Å². The summed E-state index contributed by atoms with van der Waals surface area (Å²) in [6.07, 6.45) is 1.30. The van der Waals surface area contributed by atoms with Gasteiger partial charge in [0.1, 0.15) is 17.5 Å². The SMILES string of the molecule is O=c1cc(Cl)ncn1CCl. The van der Waals surface area contributed by atoms with Crippen molar-refractivity contribution >= 4 is 23.2 Å². The molecule has 0 aliphatic carbocycles. The van der Waals surface area contributed by atoms with E-state index in [9.17, 15) is 4.79 Å². The number of hydrogen-bond donors (Lipinski definition) is 0. The van der Waals surface area contributed by atoms with Crippen molar-refractivity contribution in [2.75, 3.05) is 0 Å². The lowest BCUT2D eigenvalue weighted by atomic mass is 10.6. The van der Waals surface area contributed by atoms with E-state index in [0.29, 0.717) is 0 Å². The van der Waals surface area contributed by atoms with Crippen LogP contribution in [-0.4, -0.2) is 9.55 Å². The Hall–Kier alpha value is -0.540. The van der Waals surface area contributed by atoms with Crippen LogP contribution in [0.25, 0.3) is 0 Å². The van der Waals surface area contributed by atoms with Gasteiger partial charge in [-0.25, -0.2) is 4.98 Å². The maximum atomic E-state index is 10.8. The third kappa shape index (κ3) is 1.49. The lowest BCUT2D eigenvalue weighted by molar-refractivity contribution is 0.799. The number of nitrogens with zero attached hydrogens (tertiary/aromatic N) is 2. The molecule has 1 aromatic rings. The molecule has 1 rings (SSSR count). The molecule has 3 nitrogen and oxygen atoms in total. The van der Waals surface area contributed by atoms with Crippen LogP contribution < -0.4 is 5.56 Å². The molecule has 0 N–H and O–H groups in total. The summed E-state index contributed by atoms with van der Waals surface area (Å²) < 4.78 is 1.24. The van der Waals surface area contributed by atoms with Crippen LogP contribution in [0, 0.1) is 0 Å². The fourth-order valence-electron chi connectivity index (χ4n) is 0.494. The van der Waals surface area contributed by atoms with Gasteiger partial charge in [-0.15, -0.1) is 11.6 Å². The molecule has 0 aliphatic heterocycles. The second-order valence-electron chi connectivity index (χ2n) is 1.64. The van der Waals surface area contributed by atoms with Gasteiger partial charge in [0.25, 0.3) is 5.56 Å². The quantitative estimate of drug-likeness (QED) is 0.477. The Morgan fingerprint density at radius 3 is 2.90 bits per heavy atom. The molecule has 0 atom stereocenters. The molecule has 0 aromatic carbocycles. The lowest BCUT2D eigenvalue weighted by Gasteiger charge is -1.95. The summed E-state index contributed by atoms with van der Waals surface area (Å²) in [7, 11) is 0. The Balaban J connectivity index is 3.20. The number of alkyl halides is 1. The highest BCUT2D eigenvalue weighted by atomic mass is 35.5. The molecule has 0 spiro atoms. The second kappa shape index (κ2) is 3.03. The summed E-state index contributed by atoms with van der Waals surface area (Å²) in [5, 5.41) is 0.186. The average Bonchev–Trinajstić information content (AvgIpc) is 1.88. The third-order valence-corrected chi connectivity index (χ3v) is 1.44. The van der Waals surface area contributed by atoms with Crippen molar-refractivity contribution in [3.05, 3.63) is 27.9 Å². The summed E-state index contributed by atoms with van der Waals surface area (Å²) in [4.78, 5) is 14.5. The van der Waals surface area contributed by atoms with Gasteiger partial charge < -0.3 is 0 Å². The second-order valence-corrected chi connectivity index (χ2v) is 2.27. The van der Waals surface area contributed by atoms with Crippen molar-refractivity contribution in [2.24, 2.45) is 0 Å². The first kappa shape index (κ1) is 7.57. The van der Waals surface area contributed by atoms with Gasteiger partial charge in [-0.3, -0.25) is 9.36 Å². The minimum Gasteiger partial charge on any atom is -0.285 e. The highest BCUT2D eigenvalue weighted by molar-refractivity contribution is 6.29. The van der Waals surface area contributed by atoms with Crippen molar-refractivity contribution in [3.63, 3.8) is 0 Å². The molecule has 1 heterocycles. The molecule has 10 heavy (non-hydrogen) atoms. The van der Waals surface area contributed by atoms with Crippen LogP contribution in [0.4, 0.5) is 0 Å². The van der Waals surface area contributed by atoms with Crippen LogP contribution in [0.5, 0.6) is 0 Å². The van der Waals surface area contributed by atoms with Crippen LogP contribution in [0.1, 0.15) is 0 Å². The third-order valence-electron chi connectivity index (χ3n) is 0.975. The fraction of sp³-hybridized carbons (Fsp3) is 0.200. The van der Waals surface area contributed by atoms with Gasteiger partial charge >= 0.3 is 0 Å². The molecule has 0 saturated carbocycles. The number of rotatable bonds is 1. The highest BCUT2D eigenvalue weighted by Crippen LogP contribution is 1.96. The number of halogens is 2.